The molecule has 0 aliphatic rings. The van der Waals surface area contributed by atoms with Crippen LogP contribution in [0.2, 0.25) is 0 Å². The Kier molecular flexibility index (Phi) is 8.21. The largest absolute Gasteiger partial charge is 0.300 e. The van der Waals surface area contributed by atoms with Crippen molar-refractivity contribution in [1.82, 2.24) is 0 Å². The van der Waals surface area contributed by atoms with Gasteiger partial charge in [-0.05, 0) is 12.8 Å². The van der Waals surface area contributed by atoms with Gasteiger partial charge in [-0.25, -0.2) is 0 Å². The molecule has 0 saturated carbocycles. The van der Waals surface area contributed by atoms with E-state index in [2.05, 4.69) is 6.58 Å². The molecule has 0 spiro atoms. The van der Waals surface area contributed by atoms with Crippen molar-refractivity contribution in [2.24, 2.45) is 0 Å². The van der Waals surface area contributed by atoms with Crippen LogP contribution in [0.25, 0.3) is 0 Å². The second-order valence-electron chi connectivity index (χ2n) is 2.88. The second kappa shape index (κ2) is 8.98. The van der Waals surface area contributed by atoms with Gasteiger partial charge in [0.25, 0.3) is 0 Å². The molecule has 0 aromatic heterocycles. The van der Waals surface area contributed by atoms with Crippen LogP contribution < -0.4 is 0 Å². The first-order valence-electron chi connectivity index (χ1n) is 4.77. The van der Waals surface area contributed by atoms with Gasteiger partial charge in [0.2, 0.25) is 0 Å². The van der Waals surface area contributed by atoms with Crippen molar-refractivity contribution in [3.05, 3.63) is 37.0 Å². The monoisotopic (exact) mass is 178 g/mol. The van der Waals surface area contributed by atoms with Crippen LogP contribution in [0.1, 0.15) is 32.6 Å². The van der Waals surface area contributed by atoms with Crippen LogP contribution >= 0.6 is 0 Å². The highest BCUT2D eigenvalue weighted by atomic mass is 16.1. The quantitative estimate of drug-likeness (QED) is 0.546. The number of carbonyl (C=O) groups excluding carboxylic acids is 1. The van der Waals surface area contributed by atoms with Crippen molar-refractivity contribution in [3.8, 4) is 0 Å². The predicted molar refractivity (Wildman–Crippen MR) is 57.6 cm³/mol. The number of hydrogen-bond acceptors (Lipinski definition) is 1. The highest BCUT2D eigenvalue weighted by Gasteiger charge is 1.96. The second-order valence-corrected chi connectivity index (χ2v) is 2.88. The summed E-state index contributed by atoms with van der Waals surface area (Å²) in [5.41, 5.74) is 0. The van der Waals surface area contributed by atoms with Gasteiger partial charge in [-0.2, -0.15) is 0 Å². The zero-order chi connectivity index (χ0) is 9.94. The highest BCUT2D eigenvalue weighted by molar-refractivity contribution is 5.78. The Labute approximate surface area is 80.8 Å². The van der Waals surface area contributed by atoms with Crippen molar-refractivity contribution in [1.29, 1.82) is 0 Å². The first-order valence-corrected chi connectivity index (χ1v) is 4.77. The van der Waals surface area contributed by atoms with Crippen LogP contribution in [-0.2, 0) is 4.79 Å². The number of hydrogen-bond donors (Lipinski definition) is 0. The third-order valence-corrected chi connectivity index (χ3v) is 1.61. The van der Waals surface area contributed by atoms with Crippen molar-refractivity contribution in [3.63, 3.8) is 0 Å². The summed E-state index contributed by atoms with van der Waals surface area (Å²) in [7, 11) is 0. The maximum atomic E-state index is 11.1. The predicted octanol–water partition coefficient (Wildman–Crippen LogP) is 3.43. The molecule has 0 aliphatic carbocycles. The van der Waals surface area contributed by atoms with Gasteiger partial charge in [0.05, 0.1) is 0 Å². The van der Waals surface area contributed by atoms with E-state index in [0.717, 1.165) is 19.3 Å². The molecule has 0 fully saturated rings. The van der Waals surface area contributed by atoms with Crippen molar-refractivity contribution >= 4 is 5.78 Å². The van der Waals surface area contributed by atoms with Gasteiger partial charge >= 0.3 is 0 Å². The summed E-state index contributed by atoms with van der Waals surface area (Å²) in [5, 5.41) is 0. The molecular weight excluding hydrogens is 160 g/mol. The van der Waals surface area contributed by atoms with Crippen LogP contribution in [0.5, 0.6) is 0 Å². The highest BCUT2D eigenvalue weighted by Crippen LogP contribution is 1.98. The average molecular weight is 178 g/mol. The lowest BCUT2D eigenvalue weighted by Crippen LogP contribution is -1.94. The molecule has 1 heteroatoms. The summed E-state index contributed by atoms with van der Waals surface area (Å²) in [5.74, 6) is 0.361. The van der Waals surface area contributed by atoms with E-state index in [4.69, 9.17) is 0 Å². The first-order chi connectivity index (χ1) is 6.31. The number of carbonyl (C=O) groups is 1. The summed E-state index contributed by atoms with van der Waals surface area (Å²) >= 11 is 0. The summed E-state index contributed by atoms with van der Waals surface area (Å²) in [6, 6.07) is 0. The van der Waals surface area contributed by atoms with E-state index in [9.17, 15) is 4.79 Å². The van der Waals surface area contributed by atoms with Gasteiger partial charge in [0, 0.05) is 12.8 Å². The summed E-state index contributed by atoms with van der Waals surface area (Å²) < 4.78 is 0. The molecule has 13 heavy (non-hydrogen) atoms. The smallest absolute Gasteiger partial charge is 0.133 e. The fraction of sp³-hybridized carbons (Fsp3) is 0.417. The Hall–Kier alpha value is -1.11. The average Bonchev–Trinajstić information content (AvgIpc) is 2.11. The van der Waals surface area contributed by atoms with Gasteiger partial charge in [0.1, 0.15) is 5.78 Å². The number of ketones is 1. The molecule has 0 heterocycles. The van der Waals surface area contributed by atoms with E-state index in [1.165, 1.54) is 0 Å². The maximum Gasteiger partial charge on any atom is 0.133 e. The molecule has 72 valence electrons. The minimum absolute atomic E-state index is 0.361. The lowest BCUT2D eigenvalue weighted by molar-refractivity contribution is -0.119. The van der Waals surface area contributed by atoms with Crippen molar-refractivity contribution in [2.75, 3.05) is 0 Å². The van der Waals surface area contributed by atoms with Crippen LogP contribution in [-0.4, -0.2) is 5.78 Å². The van der Waals surface area contributed by atoms with Crippen LogP contribution in [0.3, 0.4) is 0 Å². The maximum absolute atomic E-state index is 11.1. The summed E-state index contributed by atoms with van der Waals surface area (Å²) in [6.07, 6.45) is 12.7. The zero-order valence-electron chi connectivity index (χ0n) is 8.33. The number of rotatable bonds is 7. The zero-order valence-corrected chi connectivity index (χ0v) is 8.33. The molecule has 0 atom stereocenters. The van der Waals surface area contributed by atoms with E-state index in [-0.39, 0.29) is 0 Å². The normalized spacial score (nSPS) is 11.2. The van der Waals surface area contributed by atoms with Gasteiger partial charge < -0.3 is 0 Å². The summed E-state index contributed by atoms with van der Waals surface area (Å²) in [6.45, 7) is 5.58. The van der Waals surface area contributed by atoms with Crippen molar-refractivity contribution < 1.29 is 4.79 Å². The molecule has 0 aromatic carbocycles. The lowest BCUT2D eigenvalue weighted by atomic mass is 10.1. The van der Waals surface area contributed by atoms with Gasteiger partial charge in [-0.15, -0.1) is 0 Å². The molecule has 0 unspecified atom stereocenters. The molecule has 0 aromatic rings. The molecule has 0 aliphatic heterocycles. The number of Topliss-reactive ketones (excluding diaryl/α,β-unsaturated/α-hetero) is 1. The minimum atomic E-state index is 0.361. The lowest BCUT2D eigenvalue weighted by Gasteiger charge is -1.93. The van der Waals surface area contributed by atoms with Crippen LogP contribution in [0.4, 0.5) is 0 Å². The van der Waals surface area contributed by atoms with E-state index in [1.807, 2.05) is 31.2 Å². The van der Waals surface area contributed by atoms with Crippen LogP contribution in [0.15, 0.2) is 37.0 Å². The third-order valence-electron chi connectivity index (χ3n) is 1.61. The van der Waals surface area contributed by atoms with E-state index in [0.29, 0.717) is 12.2 Å². The Balaban J connectivity index is 3.43. The van der Waals surface area contributed by atoms with E-state index >= 15 is 0 Å². The van der Waals surface area contributed by atoms with Gasteiger partial charge in [-0.1, -0.05) is 43.9 Å². The molecular formula is C12H18O. The minimum Gasteiger partial charge on any atom is -0.300 e. The molecule has 0 amide bonds. The Bertz CT molecular complexity index is 199. The fourth-order valence-corrected chi connectivity index (χ4v) is 0.966. The Morgan fingerprint density at radius 3 is 2.62 bits per heavy atom. The third kappa shape index (κ3) is 8.80. The molecule has 0 N–H and O–H groups in total. The van der Waals surface area contributed by atoms with Crippen LogP contribution in [0, 0.1) is 0 Å². The molecule has 0 rings (SSSR count). The fourth-order valence-electron chi connectivity index (χ4n) is 0.966. The molecule has 1 nitrogen and oxygen atoms in total. The summed E-state index contributed by atoms with van der Waals surface area (Å²) in [4.78, 5) is 11.1. The first kappa shape index (κ1) is 11.9. The SMILES string of the molecule is C=C/C=C/C=C\CCC(=O)CCC. The van der Waals surface area contributed by atoms with E-state index in [1.54, 1.807) is 6.08 Å². The molecule has 0 bridgehead atoms. The standard InChI is InChI=1S/C12H18O/c1-3-5-6-7-8-9-11-12(13)10-4-2/h3,5-8H,1,4,9-11H2,2H3/b6-5+,8-7-. The van der Waals surface area contributed by atoms with E-state index < -0.39 is 0 Å². The molecule has 0 saturated heterocycles. The molecule has 0 radical (unpaired) electrons. The Morgan fingerprint density at radius 1 is 1.23 bits per heavy atom. The van der Waals surface area contributed by atoms with Gasteiger partial charge in [-0.3, -0.25) is 4.79 Å². The topological polar surface area (TPSA) is 17.1 Å². The van der Waals surface area contributed by atoms with Crippen molar-refractivity contribution in [2.45, 2.75) is 32.6 Å². The number of allylic oxidation sites excluding steroid dienone is 5. The Morgan fingerprint density at radius 2 is 2.00 bits per heavy atom. The van der Waals surface area contributed by atoms with Gasteiger partial charge in [0.15, 0.2) is 0 Å².